The lowest BCUT2D eigenvalue weighted by atomic mass is 10.1. The molecule has 3 aromatic carbocycles. The summed E-state index contributed by atoms with van der Waals surface area (Å²) in [7, 11) is 0. The van der Waals surface area contributed by atoms with E-state index in [1.807, 2.05) is 40.3 Å². The number of aromatic carboxylic acids is 1. The van der Waals surface area contributed by atoms with Crippen molar-refractivity contribution in [2.45, 2.75) is 52.1 Å². The maximum absolute atomic E-state index is 15.0. The van der Waals surface area contributed by atoms with Crippen molar-refractivity contribution < 1.29 is 28.2 Å². The Bertz CT molecular complexity index is 1830. The third kappa shape index (κ3) is 6.94. The lowest BCUT2D eigenvalue weighted by Crippen LogP contribution is -2.38. The van der Waals surface area contributed by atoms with Crippen LogP contribution in [0.4, 0.5) is 8.78 Å². The molecule has 0 unspecified atom stereocenters. The molecule has 9 nitrogen and oxygen atoms in total. The van der Waals surface area contributed by atoms with Crippen LogP contribution < -0.4 is 9.47 Å². The predicted molar refractivity (Wildman–Crippen MR) is 165 cm³/mol. The van der Waals surface area contributed by atoms with Crippen molar-refractivity contribution in [1.82, 2.24) is 24.0 Å². The lowest BCUT2D eigenvalue weighted by Gasteiger charge is -2.32. The highest BCUT2D eigenvalue weighted by Crippen LogP contribution is 2.27. The van der Waals surface area contributed by atoms with E-state index in [1.165, 1.54) is 18.2 Å². The number of halogens is 3. The van der Waals surface area contributed by atoms with Gasteiger partial charge in [0.25, 0.3) is 0 Å². The number of carboxylic acid groups (broad SMARTS) is 1. The Kier molecular flexibility index (Phi) is 8.99. The van der Waals surface area contributed by atoms with E-state index in [1.54, 1.807) is 18.6 Å². The molecule has 1 aliphatic rings. The number of aromatic nitrogens is 4. The number of piperidine rings is 1. The van der Waals surface area contributed by atoms with E-state index in [9.17, 15) is 14.3 Å². The summed E-state index contributed by atoms with van der Waals surface area (Å²) in [4.78, 5) is 22.8. The molecular weight excluding hydrogens is 604 g/mol. The van der Waals surface area contributed by atoms with Gasteiger partial charge in [-0.25, -0.2) is 23.5 Å². The monoisotopic (exact) mass is 635 g/mol. The van der Waals surface area contributed by atoms with Crippen molar-refractivity contribution in [1.29, 1.82) is 0 Å². The van der Waals surface area contributed by atoms with Gasteiger partial charge in [0.15, 0.2) is 17.4 Å². The summed E-state index contributed by atoms with van der Waals surface area (Å²) in [6.45, 7) is 5.24. The molecule has 2 aromatic heterocycles. The van der Waals surface area contributed by atoms with Crippen molar-refractivity contribution in [3.05, 3.63) is 106 Å². The summed E-state index contributed by atoms with van der Waals surface area (Å²) < 4.78 is 44.9. The van der Waals surface area contributed by atoms with Gasteiger partial charge < -0.3 is 23.7 Å². The zero-order valence-corrected chi connectivity index (χ0v) is 25.4. The first-order valence-electron chi connectivity index (χ1n) is 14.7. The van der Waals surface area contributed by atoms with Gasteiger partial charge in [-0.05, 0) is 67.8 Å². The number of nitrogens with zero attached hydrogens (tertiary/aromatic N) is 5. The molecule has 3 heterocycles. The van der Waals surface area contributed by atoms with Gasteiger partial charge in [-0.3, -0.25) is 4.90 Å². The van der Waals surface area contributed by atoms with Crippen LogP contribution in [0.1, 0.15) is 47.2 Å². The van der Waals surface area contributed by atoms with Gasteiger partial charge >= 0.3 is 5.97 Å². The molecule has 0 spiro atoms. The maximum Gasteiger partial charge on any atom is 0.335 e. The van der Waals surface area contributed by atoms with Gasteiger partial charge in [0.1, 0.15) is 29.8 Å². The summed E-state index contributed by atoms with van der Waals surface area (Å²) in [6, 6.07) is 14.4. The van der Waals surface area contributed by atoms with Crippen LogP contribution in [0.5, 0.6) is 11.5 Å². The topological polar surface area (TPSA) is 94.6 Å². The Morgan fingerprint density at radius 1 is 1.07 bits per heavy atom. The molecule has 0 amide bonds. The number of hydrogen-bond acceptors (Lipinski definition) is 6. The van der Waals surface area contributed by atoms with Crippen LogP contribution >= 0.6 is 11.6 Å². The second-order valence-corrected chi connectivity index (χ2v) is 11.5. The minimum absolute atomic E-state index is 0.000537. The van der Waals surface area contributed by atoms with Gasteiger partial charge in [0.05, 0.1) is 36.2 Å². The summed E-state index contributed by atoms with van der Waals surface area (Å²) in [5.41, 5.74) is 2.23. The van der Waals surface area contributed by atoms with Gasteiger partial charge in [0.2, 0.25) is 0 Å². The summed E-state index contributed by atoms with van der Waals surface area (Å²) in [5.74, 6) is -0.872. The van der Waals surface area contributed by atoms with E-state index in [0.717, 1.165) is 49.8 Å². The van der Waals surface area contributed by atoms with E-state index in [0.29, 0.717) is 35.2 Å². The highest BCUT2D eigenvalue weighted by Gasteiger charge is 2.24. The van der Waals surface area contributed by atoms with E-state index < -0.39 is 17.6 Å². The lowest BCUT2D eigenvalue weighted by molar-refractivity contribution is 0.0696. The third-order valence-electron chi connectivity index (χ3n) is 7.98. The minimum Gasteiger partial charge on any atom is -0.490 e. The van der Waals surface area contributed by atoms with Gasteiger partial charge in [-0.2, -0.15) is 0 Å². The first kappa shape index (κ1) is 30.5. The number of carboxylic acids is 1. The second kappa shape index (κ2) is 13.3. The van der Waals surface area contributed by atoms with Crippen molar-refractivity contribution in [2.75, 3.05) is 13.1 Å². The molecule has 0 aliphatic carbocycles. The molecule has 0 bridgehead atoms. The van der Waals surface area contributed by atoms with Crippen molar-refractivity contribution in [3.8, 4) is 11.5 Å². The summed E-state index contributed by atoms with van der Waals surface area (Å²) >= 11 is 5.82. The summed E-state index contributed by atoms with van der Waals surface area (Å²) in [5, 5.41) is 9.86. The average Bonchev–Trinajstić information content (AvgIpc) is 3.62. The van der Waals surface area contributed by atoms with E-state index >= 15 is 4.39 Å². The fraction of sp³-hybridized carbons (Fsp3) is 0.303. The van der Waals surface area contributed by atoms with Crippen LogP contribution in [-0.4, -0.2) is 54.3 Å². The van der Waals surface area contributed by atoms with Crippen LogP contribution in [0, 0.1) is 11.6 Å². The standard InChI is InChI=1S/C33H32ClF2N5O4/c1-2-40-20-37-16-24(40)17-41-29-14-22(33(42)43)13-28(36)32(29)38-31(41)18-39-10-8-25(9-11-39)45-26-5-3-4-21(12-26)19-44-30-7-6-23(34)15-27(30)35/h3-7,12-16,20,25H,2,8-11,17-19H2,1H3,(H,42,43). The molecule has 234 valence electrons. The first-order valence-corrected chi connectivity index (χ1v) is 15.1. The van der Waals surface area contributed by atoms with Crippen LogP contribution in [0.15, 0.2) is 67.1 Å². The number of rotatable bonds is 11. The number of likely N-dealkylation sites (tertiary alicyclic amines) is 1. The Balaban J connectivity index is 1.12. The van der Waals surface area contributed by atoms with E-state index in [4.69, 9.17) is 21.1 Å². The van der Waals surface area contributed by atoms with Gasteiger partial charge in [0, 0.05) is 30.9 Å². The van der Waals surface area contributed by atoms with Gasteiger partial charge in [-0.15, -0.1) is 0 Å². The maximum atomic E-state index is 15.0. The Morgan fingerprint density at radius 3 is 2.64 bits per heavy atom. The Hall–Kier alpha value is -4.48. The molecule has 1 fully saturated rings. The minimum atomic E-state index is -1.20. The highest BCUT2D eigenvalue weighted by molar-refractivity contribution is 6.30. The molecule has 1 aliphatic heterocycles. The smallest absolute Gasteiger partial charge is 0.335 e. The largest absolute Gasteiger partial charge is 0.490 e. The summed E-state index contributed by atoms with van der Waals surface area (Å²) in [6.07, 6.45) is 5.05. The molecule has 5 aromatic rings. The zero-order chi connectivity index (χ0) is 31.5. The molecule has 12 heteroatoms. The molecule has 0 atom stereocenters. The Morgan fingerprint density at radius 2 is 1.89 bits per heavy atom. The SMILES string of the molecule is CCn1cncc1Cn1c(CN2CCC(Oc3cccc(COc4ccc(Cl)cc4F)c3)CC2)nc2c(F)cc(C(=O)O)cc21. The van der Waals surface area contributed by atoms with Crippen LogP contribution in [-0.2, 0) is 26.2 Å². The number of imidazole rings is 2. The normalized spacial score (nSPS) is 14.2. The Labute approximate surface area is 263 Å². The molecule has 1 saturated heterocycles. The van der Waals surface area contributed by atoms with E-state index in [-0.39, 0.29) is 29.5 Å². The number of benzene rings is 3. The molecule has 45 heavy (non-hydrogen) atoms. The first-order chi connectivity index (χ1) is 21.8. The number of ether oxygens (including phenoxy) is 2. The average molecular weight is 636 g/mol. The molecule has 6 rings (SSSR count). The third-order valence-corrected chi connectivity index (χ3v) is 8.22. The molecule has 0 saturated carbocycles. The molecule has 1 N–H and O–H groups in total. The van der Waals surface area contributed by atoms with Crippen LogP contribution in [0.2, 0.25) is 5.02 Å². The zero-order valence-electron chi connectivity index (χ0n) is 24.6. The quantitative estimate of drug-likeness (QED) is 0.176. The fourth-order valence-corrected chi connectivity index (χ4v) is 5.78. The van der Waals surface area contributed by atoms with Crippen LogP contribution in [0.25, 0.3) is 11.0 Å². The molecular formula is C33H32ClF2N5O4. The van der Waals surface area contributed by atoms with Crippen molar-refractivity contribution >= 4 is 28.6 Å². The number of aryl methyl sites for hydroxylation is 1. The van der Waals surface area contributed by atoms with Crippen LogP contribution in [0.3, 0.4) is 0 Å². The highest BCUT2D eigenvalue weighted by atomic mass is 35.5. The number of hydrogen-bond donors (Lipinski definition) is 1. The fourth-order valence-electron chi connectivity index (χ4n) is 5.62. The van der Waals surface area contributed by atoms with Gasteiger partial charge in [-0.1, -0.05) is 23.7 Å². The van der Waals surface area contributed by atoms with Crippen molar-refractivity contribution in [2.24, 2.45) is 0 Å². The van der Waals surface area contributed by atoms with E-state index in [2.05, 4.69) is 14.9 Å². The van der Waals surface area contributed by atoms with Crippen molar-refractivity contribution in [3.63, 3.8) is 0 Å². The number of carbonyl (C=O) groups is 1. The molecule has 0 radical (unpaired) electrons. The predicted octanol–water partition coefficient (Wildman–Crippen LogP) is 6.55. The second-order valence-electron chi connectivity index (χ2n) is 11.0. The number of fused-ring (bicyclic) bond motifs is 1.